The molecule has 0 radical (unpaired) electrons. The minimum atomic E-state index is 0.297. The van der Waals surface area contributed by atoms with Crippen LogP contribution in [0, 0.1) is 11.8 Å². The smallest absolute Gasteiger partial charge is 0.0822 e. The summed E-state index contributed by atoms with van der Waals surface area (Å²) in [7, 11) is 0. The molecule has 0 aromatic rings. The molecule has 88 valence electrons. The summed E-state index contributed by atoms with van der Waals surface area (Å²) in [5.41, 5.74) is 1.73. The number of rotatable bonds is 1. The van der Waals surface area contributed by atoms with Gasteiger partial charge in [-0.3, -0.25) is 0 Å². The minimum Gasteiger partial charge on any atom is -0.370 e. The zero-order valence-corrected chi connectivity index (χ0v) is 10.0. The lowest BCUT2D eigenvalue weighted by molar-refractivity contribution is -0.0824. The van der Waals surface area contributed by atoms with Crippen LogP contribution in [0.2, 0.25) is 0 Å². The molecule has 2 fully saturated rings. The van der Waals surface area contributed by atoms with Gasteiger partial charge in [0.2, 0.25) is 0 Å². The summed E-state index contributed by atoms with van der Waals surface area (Å²) in [6.45, 7) is 3.96. The molecule has 0 unspecified atom stereocenters. The molecule has 4 atom stereocenters. The third-order valence-corrected chi connectivity index (χ3v) is 4.62. The van der Waals surface area contributed by atoms with Crippen molar-refractivity contribution in [3.8, 4) is 0 Å². The van der Waals surface area contributed by atoms with Crippen LogP contribution >= 0.6 is 0 Å². The number of fused-ring (bicyclic) bond motifs is 3. The van der Waals surface area contributed by atoms with Gasteiger partial charge >= 0.3 is 0 Å². The van der Waals surface area contributed by atoms with Gasteiger partial charge in [-0.2, -0.15) is 0 Å². The predicted molar refractivity (Wildman–Crippen MR) is 66.2 cm³/mol. The van der Waals surface area contributed by atoms with E-state index in [-0.39, 0.29) is 0 Å². The summed E-state index contributed by atoms with van der Waals surface area (Å²) in [6.07, 6.45) is 14.7. The second-order valence-corrected chi connectivity index (χ2v) is 5.51. The molecule has 3 aliphatic rings. The highest BCUT2D eigenvalue weighted by atomic mass is 16.5. The molecule has 0 spiro atoms. The largest absolute Gasteiger partial charge is 0.370 e. The fourth-order valence-electron chi connectivity index (χ4n) is 3.86. The van der Waals surface area contributed by atoms with Gasteiger partial charge in [-0.25, -0.2) is 0 Å². The molecule has 0 amide bonds. The maximum absolute atomic E-state index is 6.25. The molecule has 0 aromatic heterocycles. The summed E-state index contributed by atoms with van der Waals surface area (Å²) in [5, 5.41) is 0. The van der Waals surface area contributed by atoms with Gasteiger partial charge in [-0.15, -0.1) is 6.58 Å². The maximum atomic E-state index is 6.25. The number of hydrogen-bond donors (Lipinski definition) is 0. The molecule has 1 aliphatic heterocycles. The Morgan fingerprint density at radius 3 is 2.81 bits per heavy atom. The van der Waals surface area contributed by atoms with Gasteiger partial charge in [0, 0.05) is 11.8 Å². The molecular formula is C15H22O. The highest BCUT2D eigenvalue weighted by molar-refractivity contribution is 5.22. The topological polar surface area (TPSA) is 9.23 Å². The first-order valence-corrected chi connectivity index (χ1v) is 6.88. The van der Waals surface area contributed by atoms with Crippen LogP contribution in [0.1, 0.15) is 44.9 Å². The van der Waals surface area contributed by atoms with Crippen LogP contribution in [0.25, 0.3) is 0 Å². The van der Waals surface area contributed by atoms with Gasteiger partial charge in [0.25, 0.3) is 0 Å². The Morgan fingerprint density at radius 2 is 1.94 bits per heavy atom. The van der Waals surface area contributed by atoms with E-state index in [0.717, 1.165) is 5.92 Å². The number of ether oxygens (including phenoxy) is 1. The zero-order valence-electron chi connectivity index (χ0n) is 10.0. The normalized spacial score (nSPS) is 42.9. The van der Waals surface area contributed by atoms with Crippen molar-refractivity contribution >= 4 is 0 Å². The van der Waals surface area contributed by atoms with Gasteiger partial charge in [0.1, 0.15) is 0 Å². The van der Waals surface area contributed by atoms with Crippen LogP contribution in [0.5, 0.6) is 0 Å². The van der Waals surface area contributed by atoms with E-state index in [2.05, 4.69) is 12.7 Å². The molecule has 1 heterocycles. The van der Waals surface area contributed by atoms with E-state index >= 15 is 0 Å². The van der Waals surface area contributed by atoms with Crippen molar-refractivity contribution in [2.75, 3.05) is 0 Å². The lowest BCUT2D eigenvalue weighted by Crippen LogP contribution is -2.44. The second-order valence-electron chi connectivity index (χ2n) is 5.51. The first-order valence-electron chi connectivity index (χ1n) is 6.88. The summed E-state index contributed by atoms with van der Waals surface area (Å²) < 4.78 is 6.25. The molecule has 2 aliphatic carbocycles. The third-order valence-electron chi connectivity index (χ3n) is 4.62. The lowest BCUT2D eigenvalue weighted by atomic mass is 9.69. The van der Waals surface area contributed by atoms with Crippen molar-refractivity contribution in [3.63, 3.8) is 0 Å². The average Bonchev–Trinajstić information content (AvgIpc) is 2.38. The van der Waals surface area contributed by atoms with E-state index in [0.29, 0.717) is 18.1 Å². The van der Waals surface area contributed by atoms with E-state index < -0.39 is 0 Å². The highest BCUT2D eigenvalue weighted by Crippen LogP contribution is 2.46. The van der Waals surface area contributed by atoms with E-state index in [1.165, 1.54) is 44.9 Å². The Morgan fingerprint density at radius 1 is 1.12 bits per heavy atom. The zero-order chi connectivity index (χ0) is 11.0. The molecular weight excluding hydrogens is 196 g/mol. The fourth-order valence-corrected chi connectivity index (χ4v) is 3.86. The van der Waals surface area contributed by atoms with E-state index in [1.54, 1.807) is 5.57 Å². The van der Waals surface area contributed by atoms with Gasteiger partial charge in [-0.1, -0.05) is 30.6 Å². The molecule has 3 rings (SSSR count). The summed E-state index contributed by atoms with van der Waals surface area (Å²) in [4.78, 5) is 0. The van der Waals surface area contributed by atoms with Crippen molar-refractivity contribution < 1.29 is 4.74 Å². The Balaban J connectivity index is 1.89. The van der Waals surface area contributed by atoms with Crippen molar-refractivity contribution in [1.29, 1.82) is 0 Å². The van der Waals surface area contributed by atoms with Gasteiger partial charge < -0.3 is 4.74 Å². The molecule has 1 saturated heterocycles. The second kappa shape index (κ2) is 4.37. The van der Waals surface area contributed by atoms with Crippen molar-refractivity contribution in [2.24, 2.45) is 11.8 Å². The minimum absolute atomic E-state index is 0.297. The Hall–Kier alpha value is -0.560. The maximum Gasteiger partial charge on any atom is 0.0822 e. The monoisotopic (exact) mass is 218 g/mol. The molecule has 16 heavy (non-hydrogen) atoms. The van der Waals surface area contributed by atoms with Crippen molar-refractivity contribution in [3.05, 3.63) is 24.3 Å². The molecule has 0 aromatic carbocycles. The predicted octanol–water partition coefficient (Wildman–Crippen LogP) is 3.86. The fraction of sp³-hybridized carbons (Fsp3) is 0.733. The summed E-state index contributed by atoms with van der Waals surface area (Å²) >= 11 is 0. The van der Waals surface area contributed by atoms with E-state index in [1.807, 2.05) is 6.08 Å². The van der Waals surface area contributed by atoms with Crippen LogP contribution in [0.3, 0.4) is 0 Å². The van der Waals surface area contributed by atoms with Crippen molar-refractivity contribution in [2.45, 2.75) is 57.2 Å². The van der Waals surface area contributed by atoms with Crippen LogP contribution in [-0.4, -0.2) is 12.2 Å². The Kier molecular flexibility index (Phi) is 2.89. The first kappa shape index (κ1) is 10.6. The standard InChI is InChI=1S/C15H22O/c1-2-14-12-8-4-3-7-11(12)13-9-5-6-10-15(13)16-14/h2,7,12-15H,1,3-6,8-10H2/t12-,13-,14-,15-/m1/s1. The Bertz CT molecular complexity index is 305. The quantitative estimate of drug-likeness (QED) is 0.607. The van der Waals surface area contributed by atoms with Crippen LogP contribution in [0.15, 0.2) is 24.3 Å². The molecule has 1 heteroatoms. The van der Waals surface area contributed by atoms with Crippen LogP contribution < -0.4 is 0 Å². The van der Waals surface area contributed by atoms with Crippen molar-refractivity contribution in [1.82, 2.24) is 0 Å². The number of hydrogen-bond acceptors (Lipinski definition) is 1. The molecule has 1 nitrogen and oxygen atoms in total. The highest BCUT2D eigenvalue weighted by Gasteiger charge is 2.41. The molecule has 0 N–H and O–H groups in total. The summed E-state index contributed by atoms with van der Waals surface area (Å²) in [5.74, 6) is 1.40. The first-order chi connectivity index (χ1) is 7.90. The number of allylic oxidation sites excluding steroid dienone is 1. The SMILES string of the molecule is C=C[C@H]1O[C@@H]2CCCC[C@@H]2C2=CCCC[C@H]21. The third kappa shape index (κ3) is 1.66. The van der Waals surface area contributed by atoms with Gasteiger partial charge in [0.15, 0.2) is 0 Å². The van der Waals surface area contributed by atoms with Gasteiger partial charge in [-0.05, 0) is 32.1 Å². The van der Waals surface area contributed by atoms with E-state index in [9.17, 15) is 0 Å². The summed E-state index contributed by atoms with van der Waals surface area (Å²) in [6, 6.07) is 0. The van der Waals surface area contributed by atoms with Gasteiger partial charge in [0.05, 0.1) is 12.2 Å². The average molecular weight is 218 g/mol. The lowest BCUT2D eigenvalue weighted by Gasteiger charge is -2.46. The molecule has 1 saturated carbocycles. The van der Waals surface area contributed by atoms with E-state index in [4.69, 9.17) is 4.74 Å². The van der Waals surface area contributed by atoms with Crippen LogP contribution in [0.4, 0.5) is 0 Å². The molecule has 0 bridgehead atoms. The van der Waals surface area contributed by atoms with Crippen LogP contribution in [-0.2, 0) is 4.74 Å². The Labute approximate surface area is 98.6 Å².